The zero-order chi connectivity index (χ0) is 7.56. The highest BCUT2D eigenvalue weighted by molar-refractivity contribution is 9.10. The second-order valence-electron chi connectivity index (χ2n) is 1.58. The molecule has 0 radical (unpaired) electrons. The van der Waals surface area contributed by atoms with E-state index in [9.17, 15) is 0 Å². The molecular weight excluding hydrogens is 194 g/mol. The highest BCUT2D eigenvalue weighted by atomic mass is 79.9. The van der Waals surface area contributed by atoms with Crippen LogP contribution in [0.5, 0.6) is 0 Å². The highest BCUT2D eigenvalue weighted by Gasteiger charge is 1.97. The summed E-state index contributed by atoms with van der Waals surface area (Å²) in [5.74, 6) is 2.70. The molecule has 50 valence electrons. The SMILES string of the molecule is C#Cc1ncc(N)nc1Br. The summed E-state index contributed by atoms with van der Waals surface area (Å²) in [7, 11) is 0. The Labute approximate surface area is 66.8 Å². The van der Waals surface area contributed by atoms with Crippen LogP contribution in [0.3, 0.4) is 0 Å². The number of nitrogens with zero attached hydrogens (tertiary/aromatic N) is 2. The Kier molecular flexibility index (Phi) is 1.88. The average Bonchev–Trinajstić information content (AvgIpc) is 1.88. The second-order valence-corrected chi connectivity index (χ2v) is 2.33. The van der Waals surface area contributed by atoms with Gasteiger partial charge in [-0.15, -0.1) is 6.42 Å². The van der Waals surface area contributed by atoms with Gasteiger partial charge in [0.2, 0.25) is 0 Å². The lowest BCUT2D eigenvalue weighted by Crippen LogP contribution is -1.94. The van der Waals surface area contributed by atoms with E-state index in [1.807, 2.05) is 0 Å². The molecule has 0 fully saturated rings. The Morgan fingerprint density at radius 1 is 1.70 bits per heavy atom. The van der Waals surface area contributed by atoms with Gasteiger partial charge >= 0.3 is 0 Å². The summed E-state index contributed by atoms with van der Waals surface area (Å²) in [4.78, 5) is 7.66. The van der Waals surface area contributed by atoms with Crippen molar-refractivity contribution in [1.82, 2.24) is 9.97 Å². The first-order valence-electron chi connectivity index (χ1n) is 2.48. The molecule has 1 rings (SSSR count). The molecule has 0 atom stereocenters. The molecule has 0 spiro atoms. The molecule has 0 aromatic carbocycles. The molecule has 1 aromatic heterocycles. The van der Waals surface area contributed by atoms with Crippen LogP contribution in [0.15, 0.2) is 10.8 Å². The van der Waals surface area contributed by atoms with Crippen molar-refractivity contribution in [1.29, 1.82) is 0 Å². The van der Waals surface area contributed by atoms with E-state index in [1.54, 1.807) is 0 Å². The van der Waals surface area contributed by atoms with Crippen molar-refractivity contribution in [2.45, 2.75) is 0 Å². The van der Waals surface area contributed by atoms with Gasteiger partial charge < -0.3 is 5.73 Å². The molecule has 10 heavy (non-hydrogen) atoms. The minimum atomic E-state index is 0.353. The van der Waals surface area contributed by atoms with Crippen LogP contribution >= 0.6 is 15.9 Å². The summed E-state index contributed by atoms with van der Waals surface area (Å²) < 4.78 is 0.509. The molecule has 0 saturated heterocycles. The van der Waals surface area contributed by atoms with Crippen LogP contribution in [0.2, 0.25) is 0 Å². The van der Waals surface area contributed by atoms with Crippen molar-refractivity contribution in [3.63, 3.8) is 0 Å². The summed E-state index contributed by atoms with van der Waals surface area (Å²) in [6.07, 6.45) is 6.49. The average molecular weight is 198 g/mol. The fourth-order valence-corrected chi connectivity index (χ4v) is 0.898. The fraction of sp³-hybridized carbons (Fsp3) is 0. The highest BCUT2D eigenvalue weighted by Crippen LogP contribution is 2.10. The van der Waals surface area contributed by atoms with Gasteiger partial charge in [-0.25, -0.2) is 9.97 Å². The van der Waals surface area contributed by atoms with Crippen LogP contribution in [-0.2, 0) is 0 Å². The number of hydrogen-bond donors (Lipinski definition) is 1. The van der Waals surface area contributed by atoms with Gasteiger partial charge in [0.15, 0.2) is 0 Å². The van der Waals surface area contributed by atoms with E-state index < -0.39 is 0 Å². The topological polar surface area (TPSA) is 51.8 Å². The third-order valence-corrected chi connectivity index (χ3v) is 1.44. The maximum Gasteiger partial charge on any atom is 0.145 e. The standard InChI is InChI=1S/C6H4BrN3/c1-2-4-6(7)10-5(8)3-9-4/h1,3H,(H2,8,10). The number of hydrogen-bond acceptors (Lipinski definition) is 3. The van der Waals surface area contributed by atoms with Gasteiger partial charge in [-0.3, -0.25) is 0 Å². The molecular formula is C6H4BrN3. The molecule has 3 nitrogen and oxygen atoms in total. The van der Waals surface area contributed by atoms with Gasteiger partial charge in [0.1, 0.15) is 16.1 Å². The van der Waals surface area contributed by atoms with Gasteiger partial charge in [0, 0.05) is 0 Å². The molecule has 1 heterocycles. The molecule has 0 saturated carbocycles. The number of nitrogen functional groups attached to an aromatic ring is 1. The number of rotatable bonds is 0. The van der Waals surface area contributed by atoms with E-state index in [0.717, 1.165) is 0 Å². The van der Waals surface area contributed by atoms with Crippen molar-refractivity contribution < 1.29 is 0 Å². The van der Waals surface area contributed by atoms with Crippen LogP contribution in [0.25, 0.3) is 0 Å². The molecule has 0 bridgehead atoms. The van der Waals surface area contributed by atoms with Crippen molar-refractivity contribution in [2.24, 2.45) is 0 Å². The molecule has 0 aliphatic carbocycles. The van der Waals surface area contributed by atoms with Crippen molar-refractivity contribution >= 4 is 21.7 Å². The minimum absolute atomic E-state index is 0.353. The number of nitrogens with two attached hydrogens (primary N) is 1. The number of terminal acetylenes is 1. The summed E-state index contributed by atoms with van der Waals surface area (Å²) in [5, 5.41) is 0. The van der Waals surface area contributed by atoms with Gasteiger partial charge in [0.25, 0.3) is 0 Å². The molecule has 0 aliphatic heterocycles. The third kappa shape index (κ3) is 1.25. The lowest BCUT2D eigenvalue weighted by atomic mass is 10.5. The Hall–Kier alpha value is -1.08. The number of aromatic nitrogens is 2. The third-order valence-electron chi connectivity index (χ3n) is 0.885. The Bertz CT molecular complexity index is 290. The summed E-state index contributed by atoms with van der Waals surface area (Å²) in [6.45, 7) is 0. The molecule has 4 heteroatoms. The molecule has 2 N–H and O–H groups in total. The lowest BCUT2D eigenvalue weighted by molar-refractivity contribution is 1.15. The zero-order valence-corrected chi connectivity index (χ0v) is 6.59. The molecule has 0 unspecified atom stereocenters. The van der Waals surface area contributed by atoms with E-state index in [4.69, 9.17) is 12.2 Å². The number of anilines is 1. The predicted octanol–water partition coefficient (Wildman–Crippen LogP) is 0.803. The van der Waals surface area contributed by atoms with Crippen molar-refractivity contribution in [2.75, 3.05) is 5.73 Å². The Morgan fingerprint density at radius 3 is 2.90 bits per heavy atom. The largest absolute Gasteiger partial charge is 0.382 e. The summed E-state index contributed by atoms with van der Waals surface area (Å²) in [6, 6.07) is 0. The van der Waals surface area contributed by atoms with Crippen molar-refractivity contribution in [3.05, 3.63) is 16.5 Å². The smallest absolute Gasteiger partial charge is 0.145 e. The molecule has 0 amide bonds. The Balaban J connectivity index is 3.23. The van der Waals surface area contributed by atoms with Gasteiger partial charge in [0.05, 0.1) is 6.20 Å². The number of halogens is 1. The second kappa shape index (κ2) is 2.67. The van der Waals surface area contributed by atoms with E-state index >= 15 is 0 Å². The van der Waals surface area contributed by atoms with E-state index in [-0.39, 0.29) is 0 Å². The predicted molar refractivity (Wildman–Crippen MR) is 42.1 cm³/mol. The molecule has 1 aromatic rings. The van der Waals surface area contributed by atoms with Crippen LogP contribution < -0.4 is 5.73 Å². The molecule has 0 aliphatic rings. The first-order valence-corrected chi connectivity index (χ1v) is 3.28. The van der Waals surface area contributed by atoms with Gasteiger partial charge in [-0.05, 0) is 21.9 Å². The maximum atomic E-state index is 5.31. The quantitative estimate of drug-likeness (QED) is 0.627. The normalized spacial score (nSPS) is 8.80. The first kappa shape index (κ1) is 7.03. The monoisotopic (exact) mass is 197 g/mol. The van der Waals surface area contributed by atoms with Crippen LogP contribution in [0.4, 0.5) is 5.82 Å². The van der Waals surface area contributed by atoms with Crippen LogP contribution in [0.1, 0.15) is 5.69 Å². The van der Waals surface area contributed by atoms with Crippen LogP contribution in [-0.4, -0.2) is 9.97 Å². The van der Waals surface area contributed by atoms with Crippen molar-refractivity contribution in [3.8, 4) is 12.3 Å². The van der Waals surface area contributed by atoms with E-state index in [1.165, 1.54) is 6.20 Å². The zero-order valence-electron chi connectivity index (χ0n) is 5.00. The van der Waals surface area contributed by atoms with Gasteiger partial charge in [-0.1, -0.05) is 0 Å². The van der Waals surface area contributed by atoms with Crippen LogP contribution in [0, 0.1) is 12.3 Å². The summed E-state index contributed by atoms with van der Waals surface area (Å²) >= 11 is 3.11. The first-order chi connectivity index (χ1) is 4.74. The van der Waals surface area contributed by atoms with E-state index in [0.29, 0.717) is 16.1 Å². The summed E-state index contributed by atoms with van der Waals surface area (Å²) in [5.41, 5.74) is 5.78. The Morgan fingerprint density at radius 2 is 2.40 bits per heavy atom. The minimum Gasteiger partial charge on any atom is -0.382 e. The van der Waals surface area contributed by atoms with Gasteiger partial charge in [-0.2, -0.15) is 0 Å². The fourth-order valence-electron chi connectivity index (χ4n) is 0.476. The lowest BCUT2D eigenvalue weighted by Gasteiger charge is -1.94. The maximum absolute atomic E-state index is 5.31. The van der Waals surface area contributed by atoms with E-state index in [2.05, 4.69) is 31.8 Å².